The van der Waals surface area contributed by atoms with Gasteiger partial charge in [0.1, 0.15) is 0 Å². The SMILES string of the molecule is C=CN(CC)C1CNCCC[C@H]1OC. The molecule has 82 valence electrons. The smallest absolute Gasteiger partial charge is 0.0787 e. The summed E-state index contributed by atoms with van der Waals surface area (Å²) in [6.45, 7) is 9.10. The van der Waals surface area contributed by atoms with Gasteiger partial charge in [-0.15, -0.1) is 0 Å². The van der Waals surface area contributed by atoms with Gasteiger partial charge >= 0.3 is 0 Å². The van der Waals surface area contributed by atoms with Crippen LogP contribution in [0.3, 0.4) is 0 Å². The molecule has 0 aliphatic carbocycles. The van der Waals surface area contributed by atoms with Crippen LogP contribution in [0.4, 0.5) is 0 Å². The number of hydrogen-bond donors (Lipinski definition) is 1. The molecule has 1 heterocycles. The van der Waals surface area contributed by atoms with Crippen LogP contribution in [0.5, 0.6) is 0 Å². The second-order valence-corrected chi connectivity index (χ2v) is 3.70. The molecule has 0 aromatic rings. The molecule has 0 amide bonds. The second-order valence-electron chi connectivity index (χ2n) is 3.70. The molecular formula is C11H22N2O. The quantitative estimate of drug-likeness (QED) is 0.735. The number of nitrogens with zero attached hydrogens (tertiary/aromatic N) is 1. The van der Waals surface area contributed by atoms with E-state index < -0.39 is 0 Å². The van der Waals surface area contributed by atoms with Gasteiger partial charge in [0.15, 0.2) is 0 Å². The van der Waals surface area contributed by atoms with Crippen molar-refractivity contribution in [1.29, 1.82) is 0 Å². The van der Waals surface area contributed by atoms with Gasteiger partial charge in [-0.2, -0.15) is 0 Å². The predicted molar refractivity (Wildman–Crippen MR) is 59.3 cm³/mol. The van der Waals surface area contributed by atoms with E-state index in [1.807, 2.05) is 6.20 Å². The minimum Gasteiger partial charge on any atom is -0.379 e. The Labute approximate surface area is 87.1 Å². The van der Waals surface area contributed by atoms with Crippen LogP contribution in [0.1, 0.15) is 19.8 Å². The molecule has 0 radical (unpaired) electrons. The van der Waals surface area contributed by atoms with Gasteiger partial charge in [-0.1, -0.05) is 6.58 Å². The molecule has 2 atom stereocenters. The van der Waals surface area contributed by atoms with Crippen molar-refractivity contribution >= 4 is 0 Å². The van der Waals surface area contributed by atoms with Gasteiger partial charge in [0.2, 0.25) is 0 Å². The lowest BCUT2D eigenvalue weighted by Gasteiger charge is -2.33. The van der Waals surface area contributed by atoms with Crippen molar-refractivity contribution in [2.24, 2.45) is 0 Å². The zero-order valence-corrected chi connectivity index (χ0v) is 9.33. The van der Waals surface area contributed by atoms with E-state index in [2.05, 4.69) is 23.7 Å². The van der Waals surface area contributed by atoms with E-state index in [0.29, 0.717) is 12.1 Å². The molecule has 1 unspecified atom stereocenters. The number of nitrogens with one attached hydrogen (secondary N) is 1. The largest absolute Gasteiger partial charge is 0.379 e. The highest BCUT2D eigenvalue weighted by Crippen LogP contribution is 2.15. The van der Waals surface area contributed by atoms with Crippen LogP contribution < -0.4 is 5.32 Å². The third-order valence-electron chi connectivity index (χ3n) is 2.95. The Morgan fingerprint density at radius 2 is 2.43 bits per heavy atom. The van der Waals surface area contributed by atoms with Crippen LogP contribution in [0.2, 0.25) is 0 Å². The van der Waals surface area contributed by atoms with Gasteiger partial charge in [0.25, 0.3) is 0 Å². The van der Waals surface area contributed by atoms with Crippen molar-refractivity contribution in [1.82, 2.24) is 10.2 Å². The van der Waals surface area contributed by atoms with Gasteiger partial charge in [-0.05, 0) is 32.5 Å². The zero-order chi connectivity index (χ0) is 10.4. The maximum absolute atomic E-state index is 5.54. The summed E-state index contributed by atoms with van der Waals surface area (Å²) in [7, 11) is 1.81. The van der Waals surface area contributed by atoms with Crippen LogP contribution in [-0.4, -0.2) is 43.8 Å². The summed E-state index contributed by atoms with van der Waals surface area (Å²) in [6, 6.07) is 0.435. The van der Waals surface area contributed by atoms with E-state index in [1.165, 1.54) is 6.42 Å². The Balaban J connectivity index is 2.63. The van der Waals surface area contributed by atoms with Crippen molar-refractivity contribution in [2.75, 3.05) is 26.7 Å². The molecule has 0 saturated carbocycles. The zero-order valence-electron chi connectivity index (χ0n) is 9.33. The highest BCUT2D eigenvalue weighted by Gasteiger charge is 2.26. The fourth-order valence-electron chi connectivity index (χ4n) is 2.11. The van der Waals surface area contributed by atoms with Crippen LogP contribution in [0.15, 0.2) is 12.8 Å². The van der Waals surface area contributed by atoms with Gasteiger partial charge < -0.3 is 15.0 Å². The maximum atomic E-state index is 5.54. The molecule has 0 aromatic heterocycles. The molecule has 1 rings (SSSR count). The average molecular weight is 198 g/mol. The van der Waals surface area contributed by atoms with E-state index in [9.17, 15) is 0 Å². The second kappa shape index (κ2) is 6.04. The summed E-state index contributed by atoms with van der Waals surface area (Å²) in [5, 5.41) is 3.44. The highest BCUT2D eigenvalue weighted by molar-refractivity contribution is 4.88. The molecule has 1 aliphatic heterocycles. The number of ether oxygens (including phenoxy) is 1. The number of rotatable bonds is 4. The molecule has 14 heavy (non-hydrogen) atoms. The monoisotopic (exact) mass is 198 g/mol. The summed E-state index contributed by atoms with van der Waals surface area (Å²) in [5.74, 6) is 0. The first kappa shape index (κ1) is 11.5. The maximum Gasteiger partial charge on any atom is 0.0787 e. The molecule has 3 nitrogen and oxygen atoms in total. The molecule has 1 N–H and O–H groups in total. The van der Waals surface area contributed by atoms with Gasteiger partial charge in [-0.3, -0.25) is 0 Å². The fourth-order valence-corrected chi connectivity index (χ4v) is 2.11. The van der Waals surface area contributed by atoms with E-state index >= 15 is 0 Å². The summed E-state index contributed by atoms with van der Waals surface area (Å²) >= 11 is 0. The van der Waals surface area contributed by atoms with Crippen molar-refractivity contribution in [3.05, 3.63) is 12.8 Å². The van der Waals surface area contributed by atoms with Gasteiger partial charge in [0, 0.05) is 20.2 Å². The summed E-state index contributed by atoms with van der Waals surface area (Å²) in [6.07, 6.45) is 4.59. The Morgan fingerprint density at radius 1 is 1.64 bits per heavy atom. The van der Waals surface area contributed by atoms with Crippen molar-refractivity contribution in [2.45, 2.75) is 31.9 Å². The van der Waals surface area contributed by atoms with E-state index in [4.69, 9.17) is 4.74 Å². The fraction of sp³-hybridized carbons (Fsp3) is 0.818. The van der Waals surface area contributed by atoms with Crippen molar-refractivity contribution in [3.8, 4) is 0 Å². The summed E-state index contributed by atoms with van der Waals surface area (Å²) in [5.41, 5.74) is 0. The van der Waals surface area contributed by atoms with Crippen LogP contribution in [-0.2, 0) is 4.74 Å². The lowest BCUT2D eigenvalue weighted by atomic mass is 10.1. The van der Waals surface area contributed by atoms with E-state index in [-0.39, 0.29) is 0 Å². The van der Waals surface area contributed by atoms with E-state index in [1.54, 1.807) is 7.11 Å². The van der Waals surface area contributed by atoms with E-state index in [0.717, 1.165) is 26.1 Å². The summed E-state index contributed by atoms with van der Waals surface area (Å²) in [4.78, 5) is 2.26. The minimum atomic E-state index is 0.336. The molecule has 0 aromatic carbocycles. The lowest BCUT2D eigenvalue weighted by molar-refractivity contribution is 0.0331. The molecule has 3 heteroatoms. The third-order valence-corrected chi connectivity index (χ3v) is 2.95. The van der Waals surface area contributed by atoms with Crippen molar-refractivity contribution in [3.63, 3.8) is 0 Å². The molecule has 1 saturated heterocycles. The lowest BCUT2D eigenvalue weighted by Crippen LogP contribution is -2.46. The molecule has 0 spiro atoms. The standard InChI is InChI=1S/C11H22N2O/c1-4-13(5-2)10-9-12-8-6-7-11(10)14-3/h4,10-12H,1,5-9H2,2-3H3/t10?,11-/m1/s1. The van der Waals surface area contributed by atoms with Crippen LogP contribution in [0, 0.1) is 0 Å². The Hall–Kier alpha value is -0.540. The Kier molecular flexibility index (Phi) is 4.98. The Bertz CT molecular complexity index is 173. The first-order valence-corrected chi connectivity index (χ1v) is 5.45. The first-order chi connectivity index (χ1) is 6.83. The highest BCUT2D eigenvalue weighted by atomic mass is 16.5. The first-order valence-electron chi connectivity index (χ1n) is 5.45. The normalized spacial score (nSPS) is 28.1. The molecule has 0 bridgehead atoms. The average Bonchev–Trinajstić information content (AvgIpc) is 2.45. The number of methoxy groups -OCH3 is 1. The van der Waals surface area contributed by atoms with Crippen LogP contribution >= 0.6 is 0 Å². The number of hydrogen-bond acceptors (Lipinski definition) is 3. The predicted octanol–water partition coefficient (Wildman–Crippen LogP) is 1.22. The molecular weight excluding hydrogens is 176 g/mol. The minimum absolute atomic E-state index is 0.336. The van der Waals surface area contributed by atoms with Crippen LogP contribution in [0.25, 0.3) is 0 Å². The van der Waals surface area contributed by atoms with Gasteiger partial charge in [0.05, 0.1) is 12.1 Å². The summed E-state index contributed by atoms with van der Waals surface area (Å²) < 4.78 is 5.54. The number of likely N-dealkylation sites (N-methyl/N-ethyl adjacent to an activating group) is 1. The molecule has 1 fully saturated rings. The van der Waals surface area contributed by atoms with Gasteiger partial charge in [-0.25, -0.2) is 0 Å². The molecule has 1 aliphatic rings. The third kappa shape index (κ3) is 2.72. The topological polar surface area (TPSA) is 24.5 Å². The van der Waals surface area contributed by atoms with Crippen molar-refractivity contribution < 1.29 is 4.74 Å². The Morgan fingerprint density at radius 3 is 3.00 bits per heavy atom.